The van der Waals surface area contributed by atoms with Gasteiger partial charge in [0.25, 0.3) is 0 Å². The predicted molar refractivity (Wildman–Crippen MR) is 141 cm³/mol. The van der Waals surface area contributed by atoms with Gasteiger partial charge in [-0.15, -0.1) is 0 Å². The number of aryl methyl sites for hydroxylation is 2. The van der Waals surface area contributed by atoms with E-state index in [4.69, 9.17) is 4.74 Å². The summed E-state index contributed by atoms with van der Waals surface area (Å²) >= 11 is 0. The van der Waals surface area contributed by atoms with Gasteiger partial charge in [-0.25, -0.2) is 4.39 Å². The van der Waals surface area contributed by atoms with Gasteiger partial charge in [-0.2, -0.15) is 0 Å². The van der Waals surface area contributed by atoms with Gasteiger partial charge in [-0.05, 0) is 111 Å². The number of hydrogen-bond donors (Lipinski definition) is 1. The van der Waals surface area contributed by atoms with E-state index < -0.39 is 5.97 Å². The number of piperidine rings is 1. The van der Waals surface area contributed by atoms with E-state index in [0.717, 1.165) is 86.8 Å². The molecule has 2 aromatic carbocycles. The molecule has 0 aliphatic carbocycles. The monoisotopic (exact) mass is 492 g/mol. The first-order chi connectivity index (χ1) is 17.5. The molecule has 0 saturated carbocycles. The van der Waals surface area contributed by atoms with Crippen LogP contribution in [0.3, 0.4) is 0 Å². The van der Waals surface area contributed by atoms with E-state index in [0.29, 0.717) is 11.8 Å². The number of ether oxygens (including phenoxy) is 1. The molecule has 1 aliphatic rings. The molecule has 0 radical (unpaired) electrons. The average Bonchev–Trinajstić information content (AvgIpc) is 2.89. The first-order valence-corrected chi connectivity index (χ1v) is 13.1. The van der Waals surface area contributed by atoms with Crippen LogP contribution in [-0.4, -0.2) is 47.7 Å². The third-order valence-corrected chi connectivity index (χ3v) is 7.64. The highest BCUT2D eigenvalue weighted by atomic mass is 19.1. The number of pyridine rings is 1. The second kappa shape index (κ2) is 12.8. The molecule has 1 aromatic heterocycles. The number of hydrogen-bond acceptors (Lipinski definition) is 4. The fourth-order valence-electron chi connectivity index (χ4n) is 5.65. The maximum atomic E-state index is 13.9. The number of fused-ring (bicyclic) bond motifs is 1. The van der Waals surface area contributed by atoms with E-state index in [2.05, 4.69) is 22.0 Å². The molecule has 1 fully saturated rings. The Kier molecular flexibility index (Phi) is 9.29. The minimum Gasteiger partial charge on any atom is -0.497 e. The molecule has 1 N–H and O–H groups in total. The standard InChI is InChI=1S/C30H37FN2O3/c1-36-26-12-13-29-27(20-26)23(15-17-32-29)8-4-7-22-16-19-33(21-25(22)11-14-30(34)35)18-5-9-24-6-2-3-10-28(24)31/h2-3,6,10,12-13,15,17,20,22,25H,4-5,7-9,11,14,16,18-19,21H2,1H3,(H,34,35)/t22-,25+/m1/s1. The Balaban J connectivity index is 1.32. The third-order valence-electron chi connectivity index (χ3n) is 7.64. The van der Waals surface area contributed by atoms with Crippen LogP contribution in [-0.2, 0) is 17.6 Å². The zero-order chi connectivity index (χ0) is 25.3. The predicted octanol–water partition coefficient (Wildman–Crippen LogP) is 6.14. The number of carboxylic acids is 1. The van der Waals surface area contributed by atoms with Crippen molar-refractivity contribution >= 4 is 16.9 Å². The molecule has 5 nitrogen and oxygen atoms in total. The topological polar surface area (TPSA) is 62.7 Å². The normalized spacial score (nSPS) is 18.4. The van der Waals surface area contributed by atoms with Crippen molar-refractivity contribution < 1.29 is 19.0 Å². The Morgan fingerprint density at radius 1 is 1.08 bits per heavy atom. The zero-order valence-corrected chi connectivity index (χ0v) is 21.2. The number of likely N-dealkylation sites (tertiary alicyclic amines) is 1. The van der Waals surface area contributed by atoms with Crippen molar-refractivity contribution in [2.24, 2.45) is 11.8 Å². The summed E-state index contributed by atoms with van der Waals surface area (Å²) in [6.07, 6.45) is 8.69. The van der Waals surface area contributed by atoms with Crippen molar-refractivity contribution in [3.63, 3.8) is 0 Å². The second-order valence-corrected chi connectivity index (χ2v) is 9.98. The lowest BCUT2D eigenvalue weighted by Gasteiger charge is -2.39. The summed E-state index contributed by atoms with van der Waals surface area (Å²) < 4.78 is 19.3. The van der Waals surface area contributed by atoms with Crippen LogP contribution >= 0.6 is 0 Å². The van der Waals surface area contributed by atoms with Crippen molar-refractivity contribution in [1.82, 2.24) is 9.88 Å². The summed E-state index contributed by atoms with van der Waals surface area (Å²) in [6, 6.07) is 15.1. The summed E-state index contributed by atoms with van der Waals surface area (Å²) in [5.41, 5.74) is 3.04. The highest BCUT2D eigenvalue weighted by Crippen LogP contribution is 2.32. The van der Waals surface area contributed by atoms with Crippen LogP contribution in [0.5, 0.6) is 5.75 Å². The number of nitrogens with zero attached hydrogens (tertiary/aromatic N) is 2. The number of aromatic nitrogens is 1. The smallest absolute Gasteiger partial charge is 0.303 e. The lowest BCUT2D eigenvalue weighted by Crippen LogP contribution is -2.41. The van der Waals surface area contributed by atoms with Crippen LogP contribution in [0, 0.1) is 17.7 Å². The molecule has 1 aliphatic heterocycles. The molecular weight excluding hydrogens is 455 g/mol. The third kappa shape index (κ3) is 7.03. The fourth-order valence-corrected chi connectivity index (χ4v) is 5.65. The molecule has 0 spiro atoms. The van der Waals surface area contributed by atoms with Crippen LogP contribution < -0.4 is 4.74 Å². The number of carbonyl (C=O) groups is 1. The van der Waals surface area contributed by atoms with Gasteiger partial charge in [0, 0.05) is 24.5 Å². The molecule has 4 rings (SSSR count). The minimum absolute atomic E-state index is 0.129. The zero-order valence-electron chi connectivity index (χ0n) is 21.2. The Hall–Kier alpha value is -2.99. The maximum Gasteiger partial charge on any atom is 0.303 e. The van der Waals surface area contributed by atoms with E-state index in [1.807, 2.05) is 30.5 Å². The molecule has 2 heterocycles. The second-order valence-electron chi connectivity index (χ2n) is 9.98. The fraction of sp³-hybridized carbons (Fsp3) is 0.467. The van der Waals surface area contributed by atoms with Gasteiger partial charge >= 0.3 is 5.97 Å². The number of halogens is 1. The summed E-state index contributed by atoms with van der Waals surface area (Å²) in [6.45, 7) is 2.89. The first-order valence-electron chi connectivity index (χ1n) is 13.1. The Morgan fingerprint density at radius 2 is 1.92 bits per heavy atom. The van der Waals surface area contributed by atoms with Crippen LogP contribution in [0.25, 0.3) is 10.9 Å². The van der Waals surface area contributed by atoms with Crippen molar-refractivity contribution in [1.29, 1.82) is 0 Å². The maximum absolute atomic E-state index is 13.9. The van der Waals surface area contributed by atoms with E-state index >= 15 is 0 Å². The van der Waals surface area contributed by atoms with Crippen molar-refractivity contribution in [2.75, 3.05) is 26.7 Å². The van der Waals surface area contributed by atoms with Crippen LogP contribution in [0.15, 0.2) is 54.7 Å². The molecule has 0 amide bonds. The SMILES string of the molecule is COc1ccc2nccc(CCC[C@@H]3CCN(CCCc4ccccc4F)C[C@@H]3CCC(=O)O)c2c1. The summed E-state index contributed by atoms with van der Waals surface area (Å²) in [5, 5.41) is 10.4. The van der Waals surface area contributed by atoms with E-state index in [9.17, 15) is 14.3 Å². The van der Waals surface area contributed by atoms with Crippen LogP contribution in [0.1, 0.15) is 49.7 Å². The number of rotatable bonds is 12. The number of carboxylic acid groups (broad SMARTS) is 1. The molecule has 1 saturated heterocycles. The number of methoxy groups -OCH3 is 1. The molecular formula is C30H37FN2O3. The molecule has 0 unspecified atom stereocenters. The largest absolute Gasteiger partial charge is 0.497 e. The summed E-state index contributed by atoms with van der Waals surface area (Å²) in [7, 11) is 1.68. The first kappa shape index (κ1) is 26.1. The Morgan fingerprint density at radius 3 is 2.72 bits per heavy atom. The van der Waals surface area contributed by atoms with Crippen LogP contribution in [0.4, 0.5) is 4.39 Å². The average molecular weight is 493 g/mol. The lowest BCUT2D eigenvalue weighted by molar-refractivity contribution is -0.137. The Labute approximate surface area is 213 Å². The number of aliphatic carboxylic acids is 1. The highest BCUT2D eigenvalue weighted by molar-refractivity contribution is 5.83. The van der Waals surface area contributed by atoms with Gasteiger partial charge < -0.3 is 14.7 Å². The van der Waals surface area contributed by atoms with Gasteiger partial charge in [-0.3, -0.25) is 9.78 Å². The highest BCUT2D eigenvalue weighted by Gasteiger charge is 2.29. The van der Waals surface area contributed by atoms with Gasteiger partial charge in [0.05, 0.1) is 12.6 Å². The lowest BCUT2D eigenvalue weighted by atomic mass is 9.79. The van der Waals surface area contributed by atoms with E-state index in [-0.39, 0.29) is 12.2 Å². The molecule has 36 heavy (non-hydrogen) atoms. The van der Waals surface area contributed by atoms with E-state index in [1.165, 1.54) is 11.6 Å². The Bertz CT molecular complexity index is 1150. The molecule has 2 atom stereocenters. The minimum atomic E-state index is -0.720. The van der Waals surface area contributed by atoms with Gasteiger partial charge in [-0.1, -0.05) is 18.2 Å². The van der Waals surface area contributed by atoms with Gasteiger partial charge in [0.1, 0.15) is 11.6 Å². The molecule has 192 valence electrons. The number of benzene rings is 2. The summed E-state index contributed by atoms with van der Waals surface area (Å²) in [4.78, 5) is 18.2. The van der Waals surface area contributed by atoms with Gasteiger partial charge in [0.15, 0.2) is 0 Å². The quantitative estimate of drug-likeness (QED) is 0.329. The van der Waals surface area contributed by atoms with Crippen molar-refractivity contribution in [3.05, 3.63) is 71.7 Å². The van der Waals surface area contributed by atoms with Crippen LogP contribution in [0.2, 0.25) is 0 Å². The van der Waals surface area contributed by atoms with Crippen molar-refractivity contribution in [2.45, 2.75) is 51.4 Å². The van der Waals surface area contributed by atoms with E-state index in [1.54, 1.807) is 13.2 Å². The van der Waals surface area contributed by atoms with Crippen molar-refractivity contribution in [3.8, 4) is 5.75 Å². The molecule has 6 heteroatoms. The molecule has 0 bridgehead atoms. The summed E-state index contributed by atoms with van der Waals surface area (Å²) in [5.74, 6) is 0.916. The van der Waals surface area contributed by atoms with Gasteiger partial charge in [0.2, 0.25) is 0 Å². The molecule has 3 aromatic rings.